The summed E-state index contributed by atoms with van der Waals surface area (Å²) in [6.07, 6.45) is 0.812. The van der Waals surface area contributed by atoms with Crippen LogP contribution in [0.15, 0.2) is 29.2 Å². The van der Waals surface area contributed by atoms with Crippen LogP contribution >= 0.6 is 0 Å². The Balaban J connectivity index is 2.82. The lowest BCUT2D eigenvalue weighted by molar-refractivity contribution is 0.0128. The molecular formula is C14H24N2O3S. The zero-order valence-corrected chi connectivity index (χ0v) is 13.5. The van der Waals surface area contributed by atoms with Gasteiger partial charge < -0.3 is 10.1 Å². The molecule has 1 aromatic rings. The molecule has 0 aliphatic carbocycles. The first-order valence-corrected chi connectivity index (χ1v) is 8.04. The van der Waals surface area contributed by atoms with E-state index in [1.54, 1.807) is 25.3 Å². The SMILES string of the molecule is CNS(=O)(=O)c1cccc(NC(C)CC(C)(C)OC)c1. The maximum atomic E-state index is 11.8. The number of nitrogens with one attached hydrogen (secondary N) is 2. The molecule has 0 aromatic heterocycles. The topological polar surface area (TPSA) is 67.4 Å². The molecule has 0 saturated carbocycles. The molecule has 5 nitrogen and oxygen atoms in total. The fraction of sp³-hybridized carbons (Fsp3) is 0.571. The summed E-state index contributed by atoms with van der Waals surface area (Å²) in [6.45, 7) is 6.08. The van der Waals surface area contributed by atoms with Crippen LogP contribution in [0, 0.1) is 0 Å². The van der Waals surface area contributed by atoms with Gasteiger partial charge >= 0.3 is 0 Å². The van der Waals surface area contributed by atoms with Gasteiger partial charge in [-0.3, -0.25) is 0 Å². The summed E-state index contributed by atoms with van der Waals surface area (Å²) in [5, 5.41) is 3.30. The molecule has 0 heterocycles. The Morgan fingerprint density at radius 2 is 2.00 bits per heavy atom. The van der Waals surface area contributed by atoms with Gasteiger partial charge in [0.05, 0.1) is 10.5 Å². The van der Waals surface area contributed by atoms with Crippen LogP contribution in [0.4, 0.5) is 5.69 Å². The van der Waals surface area contributed by atoms with Crippen LogP contribution in [0.5, 0.6) is 0 Å². The molecule has 0 radical (unpaired) electrons. The summed E-state index contributed by atoms with van der Waals surface area (Å²) in [6, 6.07) is 6.94. The van der Waals surface area contributed by atoms with E-state index in [9.17, 15) is 8.42 Å². The second-order valence-corrected chi connectivity index (χ2v) is 7.34. The number of methoxy groups -OCH3 is 1. The number of rotatable bonds is 7. The average Bonchev–Trinajstić information content (AvgIpc) is 2.38. The zero-order chi connectivity index (χ0) is 15.4. The maximum Gasteiger partial charge on any atom is 0.240 e. The summed E-state index contributed by atoms with van der Waals surface area (Å²) in [4.78, 5) is 0.253. The van der Waals surface area contributed by atoms with Crippen molar-refractivity contribution in [3.05, 3.63) is 24.3 Å². The van der Waals surface area contributed by atoms with Gasteiger partial charge in [0.15, 0.2) is 0 Å². The van der Waals surface area contributed by atoms with Crippen molar-refractivity contribution in [1.82, 2.24) is 4.72 Å². The largest absolute Gasteiger partial charge is 0.382 e. The van der Waals surface area contributed by atoms with E-state index in [0.29, 0.717) is 0 Å². The first-order chi connectivity index (χ1) is 9.20. The van der Waals surface area contributed by atoms with Gasteiger partial charge in [0.2, 0.25) is 10.0 Å². The van der Waals surface area contributed by atoms with Crippen molar-refractivity contribution in [2.75, 3.05) is 19.5 Å². The van der Waals surface area contributed by atoms with Crippen molar-refractivity contribution in [3.63, 3.8) is 0 Å². The van der Waals surface area contributed by atoms with Crippen LogP contribution < -0.4 is 10.0 Å². The highest BCUT2D eigenvalue weighted by Crippen LogP contribution is 2.20. The predicted octanol–water partition coefficient (Wildman–Crippen LogP) is 2.21. The Bertz CT molecular complexity index is 541. The highest BCUT2D eigenvalue weighted by atomic mass is 32.2. The van der Waals surface area contributed by atoms with E-state index in [0.717, 1.165) is 12.1 Å². The Morgan fingerprint density at radius 1 is 1.35 bits per heavy atom. The number of benzene rings is 1. The molecule has 1 unspecified atom stereocenters. The smallest absolute Gasteiger partial charge is 0.240 e. The van der Waals surface area contributed by atoms with Crippen LogP contribution in [0.1, 0.15) is 27.2 Å². The molecule has 0 saturated heterocycles. The molecule has 2 N–H and O–H groups in total. The Morgan fingerprint density at radius 3 is 2.55 bits per heavy atom. The number of ether oxygens (including phenoxy) is 1. The lowest BCUT2D eigenvalue weighted by atomic mass is 10.00. The van der Waals surface area contributed by atoms with Crippen LogP contribution in [-0.2, 0) is 14.8 Å². The van der Waals surface area contributed by atoms with Crippen LogP contribution in [0.2, 0.25) is 0 Å². The normalized spacial score (nSPS) is 14.1. The molecule has 20 heavy (non-hydrogen) atoms. The highest BCUT2D eigenvalue weighted by molar-refractivity contribution is 7.89. The van der Waals surface area contributed by atoms with Crippen LogP contribution in [0.3, 0.4) is 0 Å². The van der Waals surface area contributed by atoms with E-state index < -0.39 is 10.0 Å². The van der Waals surface area contributed by atoms with Gasteiger partial charge in [0, 0.05) is 18.8 Å². The van der Waals surface area contributed by atoms with Gasteiger partial charge in [0.25, 0.3) is 0 Å². The van der Waals surface area contributed by atoms with Crippen molar-refractivity contribution in [2.45, 2.75) is 43.7 Å². The third kappa shape index (κ3) is 4.77. The predicted molar refractivity (Wildman–Crippen MR) is 81.5 cm³/mol. The third-order valence-corrected chi connectivity index (χ3v) is 4.59. The minimum absolute atomic E-state index is 0.164. The van der Waals surface area contributed by atoms with Crippen molar-refractivity contribution in [2.24, 2.45) is 0 Å². The van der Waals surface area contributed by atoms with E-state index in [1.165, 1.54) is 7.05 Å². The lowest BCUT2D eigenvalue weighted by Gasteiger charge is -2.27. The third-order valence-electron chi connectivity index (χ3n) is 3.18. The molecule has 1 atom stereocenters. The quantitative estimate of drug-likeness (QED) is 0.810. The molecule has 0 aliphatic rings. The fourth-order valence-electron chi connectivity index (χ4n) is 2.03. The number of sulfonamides is 1. The standard InChI is InChI=1S/C14H24N2O3S/c1-11(10-14(2,3)19-5)16-12-7-6-8-13(9-12)20(17,18)15-4/h6-9,11,15-16H,10H2,1-5H3. The van der Waals surface area contributed by atoms with Crippen molar-refractivity contribution < 1.29 is 13.2 Å². The number of anilines is 1. The second kappa shape index (κ2) is 6.56. The zero-order valence-electron chi connectivity index (χ0n) is 12.7. The van der Waals surface area contributed by atoms with Gasteiger partial charge in [-0.15, -0.1) is 0 Å². The van der Waals surface area contributed by atoms with E-state index >= 15 is 0 Å². The molecule has 114 valence electrons. The molecule has 0 bridgehead atoms. The monoisotopic (exact) mass is 300 g/mol. The minimum atomic E-state index is -3.41. The summed E-state index contributed by atoms with van der Waals surface area (Å²) >= 11 is 0. The Kier molecular flexibility index (Phi) is 5.56. The summed E-state index contributed by atoms with van der Waals surface area (Å²) in [7, 11) is -0.322. The van der Waals surface area contributed by atoms with Crippen LogP contribution in [0.25, 0.3) is 0 Å². The van der Waals surface area contributed by atoms with Crippen molar-refractivity contribution in [1.29, 1.82) is 0 Å². The van der Waals surface area contributed by atoms with Gasteiger partial charge in [0.1, 0.15) is 0 Å². The van der Waals surface area contributed by atoms with Gasteiger partial charge in [-0.05, 0) is 52.4 Å². The van der Waals surface area contributed by atoms with Gasteiger partial charge in [-0.25, -0.2) is 13.1 Å². The first-order valence-electron chi connectivity index (χ1n) is 6.55. The minimum Gasteiger partial charge on any atom is -0.382 e. The Labute approximate surface area is 121 Å². The van der Waals surface area contributed by atoms with Gasteiger partial charge in [-0.1, -0.05) is 6.07 Å². The summed E-state index contributed by atoms with van der Waals surface area (Å²) < 4.78 is 31.2. The van der Waals surface area contributed by atoms with E-state index in [-0.39, 0.29) is 16.5 Å². The fourth-order valence-corrected chi connectivity index (χ4v) is 2.80. The molecule has 0 spiro atoms. The van der Waals surface area contributed by atoms with Crippen LogP contribution in [-0.4, -0.2) is 34.2 Å². The average molecular weight is 300 g/mol. The van der Waals surface area contributed by atoms with Crippen molar-refractivity contribution >= 4 is 15.7 Å². The second-order valence-electron chi connectivity index (χ2n) is 5.45. The highest BCUT2D eigenvalue weighted by Gasteiger charge is 2.20. The van der Waals surface area contributed by atoms with Crippen molar-refractivity contribution in [3.8, 4) is 0 Å². The molecule has 0 fully saturated rings. The van der Waals surface area contributed by atoms with Gasteiger partial charge in [-0.2, -0.15) is 0 Å². The molecule has 0 amide bonds. The lowest BCUT2D eigenvalue weighted by Crippen LogP contribution is -2.31. The summed E-state index contributed by atoms with van der Waals surface area (Å²) in [5.74, 6) is 0. The molecule has 6 heteroatoms. The van der Waals surface area contributed by atoms with E-state index in [1.807, 2.05) is 26.8 Å². The molecule has 0 aliphatic heterocycles. The number of hydrogen-bond acceptors (Lipinski definition) is 4. The summed E-state index contributed by atoms with van der Waals surface area (Å²) in [5.41, 5.74) is 0.557. The Hall–Kier alpha value is -1.11. The molecule has 1 rings (SSSR count). The number of hydrogen-bond donors (Lipinski definition) is 2. The van der Waals surface area contributed by atoms with E-state index in [4.69, 9.17) is 4.74 Å². The molecular weight excluding hydrogens is 276 g/mol. The van der Waals surface area contributed by atoms with E-state index in [2.05, 4.69) is 10.0 Å². The first kappa shape index (κ1) is 16.9. The maximum absolute atomic E-state index is 11.8. The molecule has 1 aromatic carbocycles.